The first-order valence-corrected chi connectivity index (χ1v) is 20.0. The maximum atomic E-state index is 4.16. The van der Waals surface area contributed by atoms with E-state index in [-0.39, 0.29) is 58.9 Å². The van der Waals surface area contributed by atoms with Crippen LogP contribution < -0.4 is 52.8 Å². The van der Waals surface area contributed by atoms with Gasteiger partial charge in [-0.05, 0) is 84.4 Å². The zero-order valence-corrected chi connectivity index (χ0v) is 37.3. The van der Waals surface area contributed by atoms with Crippen LogP contribution in [0.4, 0.5) is 0 Å². The van der Waals surface area contributed by atoms with Gasteiger partial charge in [-0.1, -0.05) is 164 Å². The summed E-state index contributed by atoms with van der Waals surface area (Å²) < 4.78 is 0. The first-order chi connectivity index (χ1) is 21.2. The Morgan fingerprint density at radius 2 is 0.755 bits per heavy atom. The van der Waals surface area contributed by atoms with Gasteiger partial charge < -0.3 is 37.2 Å². The largest absolute Gasteiger partial charge is 4.00 e. The minimum atomic E-state index is -2.77. The van der Waals surface area contributed by atoms with Crippen molar-refractivity contribution in [2.75, 3.05) is 0 Å². The zero-order valence-electron chi connectivity index (χ0n) is 32.5. The van der Waals surface area contributed by atoms with E-state index in [4.69, 9.17) is 0 Å². The molecule has 0 fully saturated rings. The van der Waals surface area contributed by atoms with Crippen molar-refractivity contribution in [3.8, 4) is 0 Å². The van der Waals surface area contributed by atoms with E-state index in [1.54, 1.807) is 0 Å². The number of allylic oxidation sites excluding steroid dienone is 4. The smallest absolute Gasteiger partial charge is 1.00 e. The topological polar surface area (TPSA) is 0 Å². The molecule has 0 unspecified atom stereocenters. The molecule has 1 aliphatic carbocycles. The van der Waals surface area contributed by atoms with E-state index in [0.717, 1.165) is 19.3 Å². The first kappa shape index (κ1) is 47.9. The predicted molar refractivity (Wildman–Crippen MR) is 203 cm³/mol. The molecule has 0 atom stereocenters. The molecule has 0 heterocycles. The Labute approximate surface area is 335 Å². The van der Waals surface area contributed by atoms with Crippen LogP contribution in [0.15, 0.2) is 71.4 Å². The zero-order chi connectivity index (χ0) is 33.2. The molecule has 3 aromatic rings. The third-order valence-corrected chi connectivity index (χ3v) is 14.8. The summed E-state index contributed by atoms with van der Waals surface area (Å²) in [4.78, 5) is 0. The van der Waals surface area contributed by atoms with E-state index in [0.29, 0.717) is 35.5 Å². The maximum absolute atomic E-state index is 4.16. The molecule has 0 nitrogen and oxygen atoms in total. The molecule has 49 heavy (non-hydrogen) atoms. The van der Waals surface area contributed by atoms with Gasteiger partial charge in [-0.3, -0.25) is 6.08 Å². The summed E-state index contributed by atoms with van der Waals surface area (Å²) in [6.45, 7) is 30.6. The van der Waals surface area contributed by atoms with Crippen LogP contribution in [0.3, 0.4) is 0 Å². The van der Waals surface area contributed by atoms with E-state index in [1.165, 1.54) is 59.7 Å². The summed E-state index contributed by atoms with van der Waals surface area (Å²) in [6, 6.07) is 23.1. The van der Waals surface area contributed by atoms with Crippen LogP contribution in [0.2, 0.25) is 0 Å². The molecule has 0 bridgehead atoms. The van der Waals surface area contributed by atoms with Gasteiger partial charge in [0.2, 0.25) is 0 Å². The van der Waals surface area contributed by atoms with Gasteiger partial charge in [-0.15, -0.1) is 0 Å². The van der Waals surface area contributed by atoms with Gasteiger partial charge in [-0.2, -0.15) is 5.20 Å². The maximum Gasteiger partial charge on any atom is 4.00 e. The molecule has 266 valence electrons. The second-order valence-electron chi connectivity index (χ2n) is 15.6. The molecule has 3 aromatic carbocycles. The van der Waals surface area contributed by atoms with Crippen molar-refractivity contribution in [1.82, 2.24) is 0 Å². The van der Waals surface area contributed by atoms with Crippen LogP contribution in [-0.4, -0.2) is 8.07 Å². The van der Waals surface area contributed by atoms with Gasteiger partial charge in [0, 0.05) is 0 Å². The number of hydrogen-bond acceptors (Lipinski definition) is 0. The van der Waals surface area contributed by atoms with E-state index >= 15 is 0 Å². The molecule has 0 saturated heterocycles. The Morgan fingerprint density at radius 1 is 0.490 bits per heavy atom. The number of halogens is 3. The Balaban J connectivity index is 0.00000576. The average Bonchev–Trinajstić information content (AvgIpc) is 3.45. The van der Waals surface area contributed by atoms with Gasteiger partial charge in [0.15, 0.2) is 8.07 Å². The quantitative estimate of drug-likeness (QED) is 0.151. The Hall–Kier alpha value is -1.06. The van der Waals surface area contributed by atoms with Crippen LogP contribution in [0.5, 0.6) is 0 Å². The van der Waals surface area contributed by atoms with Crippen molar-refractivity contribution < 1.29 is 58.9 Å². The fraction of sp³-hybridized carbons (Fsp3) is 0.500. The van der Waals surface area contributed by atoms with Gasteiger partial charge in [-0.25, -0.2) is 11.6 Å². The third kappa shape index (κ3) is 10.5. The molecule has 0 radical (unpaired) electrons. The van der Waals surface area contributed by atoms with E-state index < -0.39 is 8.07 Å². The van der Waals surface area contributed by atoms with Crippen molar-refractivity contribution >= 4 is 23.6 Å². The fourth-order valence-electron chi connectivity index (χ4n) is 6.90. The molecule has 0 spiro atoms. The van der Waals surface area contributed by atoms with Crippen LogP contribution in [0, 0.1) is 6.08 Å². The molecule has 1 aliphatic rings. The predicted octanol–water partition coefficient (Wildman–Crippen LogP) is 2.31. The molecule has 0 aliphatic heterocycles. The minimum absolute atomic E-state index is 0. The van der Waals surface area contributed by atoms with Crippen molar-refractivity contribution in [3.05, 3.63) is 111 Å². The molecule has 4 rings (SSSR count). The van der Waals surface area contributed by atoms with Gasteiger partial charge >= 0.3 is 21.7 Å². The van der Waals surface area contributed by atoms with Crippen molar-refractivity contribution in [2.45, 2.75) is 145 Å². The summed E-state index contributed by atoms with van der Waals surface area (Å²) in [6.07, 6.45) is 9.91. The van der Waals surface area contributed by atoms with Gasteiger partial charge in [0.1, 0.15) is 0 Å². The minimum Gasteiger partial charge on any atom is -1.00 e. The SMILES string of the molecule is CCCC1=CCC([Si](c2cc(C(C)C)cc(C(C)C)c2)(c2cc(C(C)C)cc(C(C)C)c2)c2cc(C(C)C)cc(C(C)C)c2)=[C-]1.[Cl-].[Cl-].[Cl-].[Ti+4]. The summed E-state index contributed by atoms with van der Waals surface area (Å²) in [5, 5.41) is 6.15. The molecule has 0 N–H and O–H groups in total. The average molecular weight is 772 g/mol. The molecule has 0 saturated carbocycles. The van der Waals surface area contributed by atoms with E-state index in [9.17, 15) is 0 Å². The molecular formula is C44H61Cl3SiTi. The second-order valence-corrected chi connectivity index (χ2v) is 19.5. The summed E-state index contributed by atoms with van der Waals surface area (Å²) in [5.41, 5.74) is 10.2. The molecule has 0 amide bonds. The van der Waals surface area contributed by atoms with Crippen LogP contribution in [0.1, 0.15) is 178 Å². The van der Waals surface area contributed by atoms with Crippen LogP contribution in [-0.2, 0) is 21.7 Å². The van der Waals surface area contributed by atoms with E-state index in [2.05, 4.69) is 157 Å². The van der Waals surface area contributed by atoms with E-state index in [1.807, 2.05) is 0 Å². The normalized spacial score (nSPS) is 13.0. The summed E-state index contributed by atoms with van der Waals surface area (Å²) in [7, 11) is -2.77. The van der Waals surface area contributed by atoms with Crippen LogP contribution >= 0.6 is 0 Å². The Bertz CT molecular complexity index is 1330. The Morgan fingerprint density at radius 3 is 0.980 bits per heavy atom. The van der Waals surface area contributed by atoms with Crippen molar-refractivity contribution in [1.29, 1.82) is 0 Å². The van der Waals surface area contributed by atoms with Crippen molar-refractivity contribution in [2.24, 2.45) is 0 Å². The second kappa shape index (κ2) is 20.3. The van der Waals surface area contributed by atoms with Crippen molar-refractivity contribution in [3.63, 3.8) is 0 Å². The standard InChI is InChI=1S/C44H61Si.3ClH.Ti/c1-14-15-34-16-17-41(18-34)45(42-22-35(28(2)3)19-36(23-42)29(4)5,43-24-37(30(6)7)20-38(25-43)31(8)9)44-26-39(32(10)11)21-40(27-44)33(12)13;;;;/h16,19-33H,14-15,17H2,1-13H3;3*1H;/q-1;;;;+4/p-3. The molecule has 0 aromatic heterocycles. The summed E-state index contributed by atoms with van der Waals surface area (Å²) >= 11 is 0. The Kier molecular flexibility index (Phi) is 19.8. The van der Waals surface area contributed by atoms with Crippen LogP contribution in [0.25, 0.3) is 0 Å². The van der Waals surface area contributed by atoms with Gasteiger partial charge in [0.25, 0.3) is 0 Å². The summed E-state index contributed by atoms with van der Waals surface area (Å²) in [5.74, 6) is 2.78. The third-order valence-electron chi connectivity index (χ3n) is 10.1. The first-order valence-electron chi connectivity index (χ1n) is 18.0. The number of hydrogen-bond donors (Lipinski definition) is 0. The monoisotopic (exact) mass is 770 g/mol. The fourth-order valence-corrected chi connectivity index (χ4v) is 12.0. The molecule has 5 heteroatoms. The molecular weight excluding hydrogens is 711 g/mol. The number of rotatable bonds is 12. The van der Waals surface area contributed by atoms with Gasteiger partial charge in [0.05, 0.1) is 0 Å². The number of benzene rings is 3.